The van der Waals surface area contributed by atoms with Crippen molar-refractivity contribution in [2.45, 2.75) is 26.2 Å². The third-order valence-electron chi connectivity index (χ3n) is 6.74. The van der Waals surface area contributed by atoms with Crippen LogP contribution in [0.15, 0.2) is 103 Å². The normalized spacial score (nSPS) is 12.2. The van der Waals surface area contributed by atoms with Crippen molar-refractivity contribution in [3.63, 3.8) is 0 Å². The average molecular weight is 560 g/mol. The second kappa shape index (κ2) is 10.6. The van der Waals surface area contributed by atoms with Crippen LogP contribution >= 0.6 is 11.3 Å². The first kappa shape index (κ1) is 26.4. The van der Waals surface area contributed by atoms with Gasteiger partial charge in [0, 0.05) is 22.9 Å². The van der Waals surface area contributed by atoms with E-state index in [1.807, 2.05) is 83.7 Å². The Balaban J connectivity index is 1.40. The Bertz CT molecular complexity index is 1950. The topological polar surface area (TPSA) is 74.3 Å². The van der Waals surface area contributed by atoms with E-state index in [9.17, 15) is 4.79 Å². The fraction of sp³-hybridized carbons (Fsp3) is 0.152. The molecule has 8 heteroatoms. The quantitative estimate of drug-likeness (QED) is 0.222. The number of ether oxygens (including phenoxy) is 1. The number of hydrogen-bond acceptors (Lipinski definition) is 6. The summed E-state index contributed by atoms with van der Waals surface area (Å²) < 4.78 is 9.39. The fourth-order valence-electron chi connectivity index (χ4n) is 4.51. The largest absolute Gasteiger partial charge is 0.490 e. The second-order valence-electron chi connectivity index (χ2n) is 10.7. The number of fused-ring (bicyclic) bond motifs is 1. The van der Waals surface area contributed by atoms with Gasteiger partial charge in [-0.15, -0.1) is 5.10 Å². The predicted molar refractivity (Wildman–Crippen MR) is 165 cm³/mol. The highest BCUT2D eigenvalue weighted by Gasteiger charge is 2.17. The SMILES string of the molecule is C=CCOc1ccc(-c2nn(-c3ccccc3)cc2C=c2sc3nc(-c4ccc(C(C)(C)C)cc4)nn3c2=O)cc1. The standard InChI is InChI=1S/C33H29N5O2S/c1-5-19-40-27-17-13-22(14-18-27)29-24(21-37(35-29)26-9-7-6-8-10-26)20-28-31(39)38-32(41-28)34-30(36-38)23-11-15-25(16-12-23)33(2,3)4/h5-18,20-21H,1,19H2,2-4H3. The third kappa shape index (κ3) is 5.34. The molecular weight excluding hydrogens is 530 g/mol. The highest BCUT2D eigenvalue weighted by molar-refractivity contribution is 7.15. The summed E-state index contributed by atoms with van der Waals surface area (Å²) >= 11 is 1.32. The molecule has 7 nitrogen and oxygen atoms in total. The number of hydrogen-bond donors (Lipinski definition) is 0. The molecule has 41 heavy (non-hydrogen) atoms. The number of para-hydroxylation sites is 1. The molecule has 0 fully saturated rings. The van der Waals surface area contributed by atoms with Gasteiger partial charge < -0.3 is 4.74 Å². The number of thiazole rings is 1. The van der Waals surface area contributed by atoms with Crippen molar-refractivity contribution in [3.05, 3.63) is 124 Å². The summed E-state index contributed by atoms with van der Waals surface area (Å²) in [5.74, 6) is 1.29. The first-order valence-electron chi connectivity index (χ1n) is 13.3. The minimum Gasteiger partial charge on any atom is -0.490 e. The molecule has 0 saturated heterocycles. The molecule has 0 spiro atoms. The van der Waals surface area contributed by atoms with Crippen molar-refractivity contribution in [3.8, 4) is 34.1 Å². The minimum atomic E-state index is -0.207. The van der Waals surface area contributed by atoms with Crippen LogP contribution in [-0.4, -0.2) is 31.0 Å². The van der Waals surface area contributed by atoms with Crippen molar-refractivity contribution in [1.29, 1.82) is 0 Å². The van der Waals surface area contributed by atoms with Crippen molar-refractivity contribution in [1.82, 2.24) is 24.4 Å². The molecule has 6 aromatic rings. The van der Waals surface area contributed by atoms with E-state index in [4.69, 9.17) is 9.84 Å². The summed E-state index contributed by atoms with van der Waals surface area (Å²) in [6.07, 6.45) is 5.51. The van der Waals surface area contributed by atoms with E-state index in [1.54, 1.807) is 6.08 Å². The molecule has 0 saturated carbocycles. The molecule has 0 unspecified atom stereocenters. The van der Waals surface area contributed by atoms with Crippen LogP contribution in [0, 0.1) is 0 Å². The number of nitrogens with zero attached hydrogens (tertiary/aromatic N) is 5. The predicted octanol–water partition coefficient (Wildman–Crippen LogP) is 6.08. The van der Waals surface area contributed by atoms with Gasteiger partial charge in [0.05, 0.1) is 10.2 Å². The van der Waals surface area contributed by atoms with Gasteiger partial charge in [-0.1, -0.05) is 87.2 Å². The molecule has 3 aromatic carbocycles. The summed E-state index contributed by atoms with van der Waals surface area (Å²) in [5, 5.41) is 9.43. The highest BCUT2D eigenvalue weighted by Crippen LogP contribution is 2.27. The van der Waals surface area contributed by atoms with E-state index in [-0.39, 0.29) is 11.0 Å². The Morgan fingerprint density at radius 1 is 0.927 bits per heavy atom. The van der Waals surface area contributed by atoms with Gasteiger partial charge in [0.25, 0.3) is 5.56 Å². The van der Waals surface area contributed by atoms with E-state index in [1.165, 1.54) is 21.4 Å². The van der Waals surface area contributed by atoms with E-state index >= 15 is 0 Å². The molecule has 0 aliphatic carbocycles. The van der Waals surface area contributed by atoms with Gasteiger partial charge in [-0.05, 0) is 53.5 Å². The number of benzene rings is 3. The molecule has 0 aliphatic rings. The van der Waals surface area contributed by atoms with Gasteiger partial charge in [0.15, 0.2) is 5.82 Å². The van der Waals surface area contributed by atoms with Crippen LogP contribution in [0.1, 0.15) is 31.9 Å². The van der Waals surface area contributed by atoms with Crippen LogP contribution in [0.2, 0.25) is 0 Å². The Morgan fingerprint density at radius 2 is 1.63 bits per heavy atom. The van der Waals surface area contributed by atoms with Crippen LogP contribution in [0.3, 0.4) is 0 Å². The lowest BCUT2D eigenvalue weighted by molar-refractivity contribution is 0.363. The summed E-state index contributed by atoms with van der Waals surface area (Å²) in [7, 11) is 0. The molecule has 3 aromatic heterocycles. The Kier molecular flexibility index (Phi) is 6.85. The fourth-order valence-corrected chi connectivity index (χ4v) is 5.41. The van der Waals surface area contributed by atoms with Crippen LogP contribution < -0.4 is 14.8 Å². The van der Waals surface area contributed by atoms with Gasteiger partial charge in [-0.2, -0.15) is 14.6 Å². The highest BCUT2D eigenvalue weighted by atomic mass is 32.1. The molecule has 0 bridgehead atoms. The van der Waals surface area contributed by atoms with Gasteiger partial charge in [-0.25, -0.2) is 4.68 Å². The summed E-state index contributed by atoms with van der Waals surface area (Å²) in [4.78, 5) is 18.6. The Morgan fingerprint density at radius 3 is 2.29 bits per heavy atom. The molecule has 0 amide bonds. The lowest BCUT2D eigenvalue weighted by Gasteiger charge is -2.18. The Hall–Kier alpha value is -4.82. The van der Waals surface area contributed by atoms with Gasteiger partial charge in [0.2, 0.25) is 4.96 Å². The summed E-state index contributed by atoms with van der Waals surface area (Å²) in [6.45, 7) is 10.7. The van der Waals surface area contributed by atoms with Gasteiger partial charge in [-0.3, -0.25) is 4.79 Å². The maximum Gasteiger partial charge on any atom is 0.291 e. The maximum atomic E-state index is 13.4. The number of aromatic nitrogens is 5. The molecule has 3 heterocycles. The van der Waals surface area contributed by atoms with Crippen molar-refractivity contribution >= 4 is 22.4 Å². The smallest absolute Gasteiger partial charge is 0.291 e. The van der Waals surface area contributed by atoms with E-state index < -0.39 is 0 Å². The first-order chi connectivity index (χ1) is 19.8. The van der Waals surface area contributed by atoms with Crippen LogP contribution in [0.25, 0.3) is 39.4 Å². The molecule has 0 atom stereocenters. The van der Waals surface area contributed by atoms with E-state index in [0.29, 0.717) is 21.9 Å². The molecule has 0 radical (unpaired) electrons. The molecule has 204 valence electrons. The summed E-state index contributed by atoms with van der Waals surface area (Å²) in [5.41, 5.74) is 5.36. The lowest BCUT2D eigenvalue weighted by atomic mass is 9.87. The summed E-state index contributed by atoms with van der Waals surface area (Å²) in [6, 6.07) is 25.8. The van der Waals surface area contributed by atoms with Crippen molar-refractivity contribution in [2.24, 2.45) is 0 Å². The first-order valence-corrected chi connectivity index (χ1v) is 14.1. The van der Waals surface area contributed by atoms with Crippen molar-refractivity contribution < 1.29 is 4.74 Å². The zero-order chi connectivity index (χ0) is 28.6. The number of rotatable bonds is 7. The Labute approximate surface area is 241 Å². The van der Waals surface area contributed by atoms with Crippen molar-refractivity contribution in [2.75, 3.05) is 6.61 Å². The monoisotopic (exact) mass is 559 g/mol. The minimum absolute atomic E-state index is 0.0575. The molecular formula is C33H29N5O2S. The van der Waals surface area contributed by atoms with E-state index in [0.717, 1.165) is 33.8 Å². The lowest BCUT2D eigenvalue weighted by Crippen LogP contribution is -2.23. The average Bonchev–Trinajstić information content (AvgIpc) is 3.67. The molecule has 0 aliphatic heterocycles. The van der Waals surface area contributed by atoms with Gasteiger partial charge in [0.1, 0.15) is 18.1 Å². The second-order valence-corrected chi connectivity index (χ2v) is 11.7. The maximum absolute atomic E-state index is 13.4. The molecule has 6 rings (SSSR count). The third-order valence-corrected chi connectivity index (χ3v) is 7.70. The van der Waals surface area contributed by atoms with Crippen LogP contribution in [0.5, 0.6) is 5.75 Å². The van der Waals surface area contributed by atoms with Gasteiger partial charge >= 0.3 is 0 Å². The molecule has 0 N–H and O–H groups in total. The van der Waals surface area contributed by atoms with E-state index in [2.05, 4.69) is 49.6 Å². The van der Waals surface area contributed by atoms with Crippen LogP contribution in [0.4, 0.5) is 0 Å². The zero-order valence-corrected chi connectivity index (χ0v) is 23.9. The zero-order valence-electron chi connectivity index (χ0n) is 23.1. The van der Waals surface area contributed by atoms with Crippen LogP contribution in [-0.2, 0) is 5.41 Å².